The highest BCUT2D eigenvalue weighted by molar-refractivity contribution is 7.89. The Morgan fingerprint density at radius 2 is 1.46 bits per heavy atom. The van der Waals surface area contributed by atoms with Gasteiger partial charge in [-0.3, -0.25) is 4.79 Å². The summed E-state index contributed by atoms with van der Waals surface area (Å²) in [4.78, 5) is 26.1. The molecule has 250 valence electrons. The van der Waals surface area contributed by atoms with Gasteiger partial charge in [0.25, 0.3) is 0 Å². The van der Waals surface area contributed by atoms with Crippen LogP contribution in [0.2, 0.25) is 0 Å². The number of Topliss-reactive ketones (excluding diaryl/α,β-unsaturated/α-hetero) is 1. The number of nitrogens with two attached hydrogens (primary N) is 1. The monoisotopic (exact) mass is 655 g/mol. The zero-order chi connectivity index (χ0) is 33.7. The summed E-state index contributed by atoms with van der Waals surface area (Å²) in [5.74, 6) is -0.710. The van der Waals surface area contributed by atoms with Crippen molar-refractivity contribution >= 4 is 27.6 Å². The number of hydrogen-bond donors (Lipinski definition) is 3. The first kappa shape index (κ1) is 36.7. The summed E-state index contributed by atoms with van der Waals surface area (Å²) in [5.41, 5.74) is 7.77. The third-order valence-electron chi connectivity index (χ3n) is 8.00. The standard InChI is InChI=1S/C35H46FN3O6S/c1-25(2)22-23-39(46(43,44)31-19-16-29(37)17-20-31)30(24-40)18-14-28(36)15-21-32(41)34(38-35(42)45-3)33(26-10-6-4-7-11-26)27-12-8-5-9-13-27/h4-13,16-17,19-20,25,28,30,33-34,40H,14-15,18,21-24,37H2,1-3H3,(H,38,42)/t28?,30-,34+/m0/s1. The van der Waals surface area contributed by atoms with E-state index in [0.717, 1.165) is 11.1 Å². The van der Waals surface area contributed by atoms with Crippen molar-refractivity contribution in [1.29, 1.82) is 0 Å². The highest BCUT2D eigenvalue weighted by atomic mass is 32.2. The molecule has 0 heterocycles. The molecular formula is C35H46FN3O6S. The Bertz CT molecular complexity index is 1430. The summed E-state index contributed by atoms with van der Waals surface area (Å²) >= 11 is 0. The van der Waals surface area contributed by atoms with Gasteiger partial charge in [-0.15, -0.1) is 0 Å². The van der Waals surface area contributed by atoms with Gasteiger partial charge in [0.1, 0.15) is 12.2 Å². The second kappa shape index (κ2) is 17.8. The van der Waals surface area contributed by atoms with Crippen LogP contribution in [0.25, 0.3) is 0 Å². The number of aliphatic hydroxyl groups is 1. The number of ether oxygens (including phenoxy) is 1. The predicted octanol–water partition coefficient (Wildman–Crippen LogP) is 5.69. The number of carbonyl (C=O) groups excluding carboxylic acids is 2. The van der Waals surface area contributed by atoms with Crippen molar-refractivity contribution in [3.8, 4) is 0 Å². The van der Waals surface area contributed by atoms with E-state index in [9.17, 15) is 23.1 Å². The predicted molar refractivity (Wildman–Crippen MR) is 178 cm³/mol. The normalized spacial score (nSPS) is 13.8. The van der Waals surface area contributed by atoms with Crippen molar-refractivity contribution in [3.05, 3.63) is 96.1 Å². The van der Waals surface area contributed by atoms with Gasteiger partial charge in [0, 0.05) is 30.6 Å². The van der Waals surface area contributed by atoms with Gasteiger partial charge in [-0.2, -0.15) is 4.31 Å². The van der Waals surface area contributed by atoms with Crippen molar-refractivity contribution in [3.63, 3.8) is 0 Å². The lowest BCUT2D eigenvalue weighted by molar-refractivity contribution is -0.121. The van der Waals surface area contributed by atoms with E-state index in [1.807, 2.05) is 74.5 Å². The second-order valence-electron chi connectivity index (χ2n) is 11.8. The van der Waals surface area contributed by atoms with Gasteiger partial charge in [-0.05, 0) is 67.0 Å². The Balaban J connectivity index is 1.75. The molecule has 0 saturated heterocycles. The number of benzene rings is 3. The molecule has 46 heavy (non-hydrogen) atoms. The lowest BCUT2D eigenvalue weighted by atomic mass is 9.82. The van der Waals surface area contributed by atoms with Gasteiger partial charge in [0.15, 0.2) is 5.78 Å². The van der Waals surface area contributed by atoms with E-state index in [0.29, 0.717) is 12.1 Å². The Hall–Kier alpha value is -3.80. The molecule has 1 amide bonds. The summed E-state index contributed by atoms with van der Waals surface area (Å²) in [6.45, 7) is 3.61. The molecule has 1 unspecified atom stereocenters. The number of hydrogen-bond acceptors (Lipinski definition) is 7. The Labute approximate surface area is 272 Å². The number of alkyl halides is 1. The number of nitrogen functional groups attached to an aromatic ring is 1. The first-order valence-electron chi connectivity index (χ1n) is 15.6. The van der Waals surface area contributed by atoms with Gasteiger partial charge < -0.3 is 20.9 Å². The van der Waals surface area contributed by atoms with Gasteiger partial charge in [0.05, 0.1) is 18.6 Å². The third kappa shape index (κ3) is 10.4. The lowest BCUT2D eigenvalue weighted by Gasteiger charge is -2.31. The Kier molecular flexibility index (Phi) is 14.2. The Morgan fingerprint density at radius 3 is 1.96 bits per heavy atom. The average molecular weight is 656 g/mol. The number of sulfonamides is 1. The largest absolute Gasteiger partial charge is 0.453 e. The van der Waals surface area contributed by atoms with Crippen molar-refractivity contribution in [2.24, 2.45) is 5.92 Å². The quantitative estimate of drug-likeness (QED) is 0.150. The van der Waals surface area contributed by atoms with Crippen LogP contribution in [0.1, 0.15) is 63.0 Å². The summed E-state index contributed by atoms with van der Waals surface area (Å²) in [6, 6.07) is 22.5. The molecule has 3 aromatic carbocycles. The van der Waals surface area contributed by atoms with E-state index in [1.165, 1.54) is 35.7 Å². The maximum absolute atomic E-state index is 15.4. The number of nitrogens with zero attached hydrogens (tertiary/aromatic N) is 1. The van der Waals surface area contributed by atoms with Crippen LogP contribution in [0.5, 0.6) is 0 Å². The minimum atomic E-state index is -4.00. The Morgan fingerprint density at radius 1 is 0.891 bits per heavy atom. The molecule has 3 rings (SSSR count). The fourth-order valence-corrected chi connectivity index (χ4v) is 7.05. The molecule has 0 saturated carbocycles. The second-order valence-corrected chi connectivity index (χ2v) is 13.7. The highest BCUT2D eigenvalue weighted by Crippen LogP contribution is 2.30. The number of halogens is 1. The molecular weight excluding hydrogens is 609 g/mol. The zero-order valence-corrected chi connectivity index (χ0v) is 27.5. The molecule has 0 radical (unpaired) electrons. The van der Waals surface area contributed by atoms with E-state index in [1.54, 1.807) is 0 Å². The third-order valence-corrected chi connectivity index (χ3v) is 9.97. The molecule has 0 spiro atoms. The van der Waals surface area contributed by atoms with Crippen LogP contribution in [-0.2, 0) is 19.6 Å². The van der Waals surface area contributed by atoms with E-state index < -0.39 is 46.9 Å². The van der Waals surface area contributed by atoms with Crippen molar-refractivity contribution in [2.45, 2.75) is 75.0 Å². The molecule has 0 aliphatic rings. The lowest BCUT2D eigenvalue weighted by Crippen LogP contribution is -2.45. The summed E-state index contributed by atoms with van der Waals surface area (Å²) in [5, 5.41) is 12.9. The number of amides is 1. The topological polar surface area (TPSA) is 139 Å². The van der Waals surface area contributed by atoms with Crippen LogP contribution < -0.4 is 11.1 Å². The number of nitrogens with one attached hydrogen (secondary N) is 1. The minimum Gasteiger partial charge on any atom is -0.453 e. The van der Waals surface area contributed by atoms with E-state index in [4.69, 9.17) is 10.5 Å². The fourth-order valence-electron chi connectivity index (χ4n) is 5.39. The van der Waals surface area contributed by atoms with Gasteiger partial charge in [-0.25, -0.2) is 17.6 Å². The van der Waals surface area contributed by atoms with Crippen LogP contribution >= 0.6 is 0 Å². The van der Waals surface area contributed by atoms with Gasteiger partial charge >= 0.3 is 6.09 Å². The first-order valence-corrected chi connectivity index (χ1v) is 17.0. The SMILES string of the molecule is COC(=O)N[C@H](C(=O)CCC(F)CC[C@@H](CO)N(CCC(C)C)S(=O)(=O)c1ccc(N)cc1)C(c1ccccc1)c1ccccc1. The van der Waals surface area contributed by atoms with Crippen LogP contribution in [0.3, 0.4) is 0 Å². The van der Waals surface area contributed by atoms with Crippen LogP contribution in [0.15, 0.2) is 89.8 Å². The molecule has 0 fully saturated rings. The molecule has 0 bridgehead atoms. The van der Waals surface area contributed by atoms with E-state index >= 15 is 4.39 Å². The van der Waals surface area contributed by atoms with Crippen LogP contribution in [0, 0.1) is 5.92 Å². The molecule has 0 aromatic heterocycles. The van der Waals surface area contributed by atoms with Crippen molar-refractivity contribution in [2.75, 3.05) is 26.0 Å². The number of anilines is 1. The number of ketones is 1. The summed E-state index contributed by atoms with van der Waals surface area (Å²) in [6.07, 6.45) is -1.99. The van der Waals surface area contributed by atoms with E-state index in [-0.39, 0.29) is 48.8 Å². The molecule has 9 nitrogen and oxygen atoms in total. The molecule has 4 N–H and O–H groups in total. The van der Waals surface area contributed by atoms with Crippen molar-refractivity contribution < 1.29 is 32.2 Å². The fraction of sp³-hybridized carbons (Fsp3) is 0.429. The minimum absolute atomic E-state index is 0.0434. The maximum Gasteiger partial charge on any atom is 0.407 e. The van der Waals surface area contributed by atoms with Crippen molar-refractivity contribution in [1.82, 2.24) is 9.62 Å². The molecule has 0 aliphatic heterocycles. The number of rotatable bonds is 18. The van der Waals surface area contributed by atoms with Gasteiger partial charge in [-0.1, -0.05) is 74.5 Å². The zero-order valence-electron chi connectivity index (χ0n) is 26.7. The van der Waals surface area contributed by atoms with Crippen LogP contribution in [-0.4, -0.2) is 68.2 Å². The number of carbonyl (C=O) groups is 2. The van der Waals surface area contributed by atoms with E-state index in [2.05, 4.69) is 5.32 Å². The number of methoxy groups -OCH3 is 1. The molecule has 11 heteroatoms. The summed E-state index contributed by atoms with van der Waals surface area (Å²) < 4.78 is 48.7. The first-order chi connectivity index (χ1) is 22.0. The smallest absolute Gasteiger partial charge is 0.407 e. The average Bonchev–Trinajstić information content (AvgIpc) is 3.05. The number of aliphatic hydroxyl groups excluding tert-OH is 1. The molecule has 3 atom stereocenters. The maximum atomic E-state index is 15.4. The number of alkyl carbamates (subject to hydrolysis) is 1. The molecule has 0 aliphatic carbocycles. The summed E-state index contributed by atoms with van der Waals surface area (Å²) in [7, 11) is -2.78. The van der Waals surface area contributed by atoms with Gasteiger partial charge in [0.2, 0.25) is 10.0 Å². The highest BCUT2D eigenvalue weighted by Gasteiger charge is 2.34. The van der Waals surface area contributed by atoms with Crippen LogP contribution in [0.4, 0.5) is 14.9 Å². The molecule has 3 aromatic rings.